The molecule has 0 bridgehead atoms. The number of hydrogen-bond donors (Lipinski definition) is 2. The third kappa shape index (κ3) is 4.20. The van der Waals surface area contributed by atoms with Crippen LogP contribution in [0.3, 0.4) is 0 Å². The number of amides is 1. The van der Waals surface area contributed by atoms with Crippen molar-refractivity contribution in [2.75, 3.05) is 19.6 Å². The van der Waals surface area contributed by atoms with E-state index in [0.717, 1.165) is 18.7 Å². The van der Waals surface area contributed by atoms with Gasteiger partial charge in [-0.2, -0.15) is 0 Å². The SMILES string of the molecule is CC1CN(CC(=O)NCc2ccccc2Cl)C(C)CN1. The molecule has 0 spiro atoms. The number of piperazine rings is 1. The first-order valence-corrected chi connectivity index (χ1v) is 7.41. The second-order valence-electron chi connectivity index (χ2n) is 5.46. The van der Waals surface area contributed by atoms with E-state index >= 15 is 0 Å². The van der Waals surface area contributed by atoms with Gasteiger partial charge >= 0.3 is 0 Å². The number of rotatable bonds is 4. The van der Waals surface area contributed by atoms with Crippen LogP contribution in [-0.2, 0) is 11.3 Å². The molecule has 0 radical (unpaired) electrons. The van der Waals surface area contributed by atoms with Crippen molar-refractivity contribution in [2.45, 2.75) is 32.5 Å². The zero-order valence-electron chi connectivity index (χ0n) is 12.0. The molecule has 1 aromatic carbocycles. The molecule has 1 fully saturated rings. The smallest absolute Gasteiger partial charge is 0.234 e. The fraction of sp³-hybridized carbons (Fsp3) is 0.533. The zero-order valence-corrected chi connectivity index (χ0v) is 12.8. The van der Waals surface area contributed by atoms with Crippen molar-refractivity contribution in [3.05, 3.63) is 34.9 Å². The van der Waals surface area contributed by atoms with Crippen molar-refractivity contribution in [3.63, 3.8) is 0 Å². The molecule has 5 heteroatoms. The van der Waals surface area contributed by atoms with Gasteiger partial charge in [-0.1, -0.05) is 29.8 Å². The molecule has 1 saturated heterocycles. The van der Waals surface area contributed by atoms with Gasteiger partial charge in [-0.3, -0.25) is 9.69 Å². The van der Waals surface area contributed by atoms with Gasteiger partial charge in [0.25, 0.3) is 0 Å². The van der Waals surface area contributed by atoms with Gasteiger partial charge in [0.05, 0.1) is 6.54 Å². The molecule has 110 valence electrons. The summed E-state index contributed by atoms with van der Waals surface area (Å²) in [5, 5.41) is 7.04. The van der Waals surface area contributed by atoms with Crippen LogP contribution in [0.2, 0.25) is 5.02 Å². The van der Waals surface area contributed by atoms with Gasteiger partial charge in [0.15, 0.2) is 0 Å². The van der Waals surface area contributed by atoms with Crippen LogP contribution >= 0.6 is 11.6 Å². The van der Waals surface area contributed by atoms with Crippen LogP contribution in [-0.4, -0.2) is 42.5 Å². The Kier molecular flexibility index (Phi) is 5.40. The molecule has 1 aromatic rings. The fourth-order valence-electron chi connectivity index (χ4n) is 2.39. The van der Waals surface area contributed by atoms with Crippen molar-refractivity contribution in [1.29, 1.82) is 0 Å². The third-order valence-electron chi connectivity index (χ3n) is 3.67. The lowest BCUT2D eigenvalue weighted by Crippen LogP contribution is -2.56. The normalized spacial score (nSPS) is 23.6. The summed E-state index contributed by atoms with van der Waals surface area (Å²) in [6.07, 6.45) is 0. The Balaban J connectivity index is 1.82. The molecule has 1 aliphatic heterocycles. The number of nitrogens with one attached hydrogen (secondary N) is 2. The van der Waals surface area contributed by atoms with Crippen LogP contribution < -0.4 is 10.6 Å². The largest absolute Gasteiger partial charge is 0.351 e. The summed E-state index contributed by atoms with van der Waals surface area (Å²) < 4.78 is 0. The number of hydrogen-bond acceptors (Lipinski definition) is 3. The summed E-state index contributed by atoms with van der Waals surface area (Å²) in [6, 6.07) is 8.39. The minimum absolute atomic E-state index is 0.0471. The molecule has 2 rings (SSSR count). The van der Waals surface area contributed by atoms with Crippen molar-refractivity contribution in [1.82, 2.24) is 15.5 Å². The second-order valence-corrected chi connectivity index (χ2v) is 5.86. The van der Waals surface area contributed by atoms with Crippen molar-refractivity contribution in [3.8, 4) is 0 Å². The molecule has 0 aromatic heterocycles. The van der Waals surface area contributed by atoms with E-state index in [2.05, 4.69) is 29.4 Å². The first-order valence-electron chi connectivity index (χ1n) is 7.04. The second kappa shape index (κ2) is 7.07. The van der Waals surface area contributed by atoms with Crippen molar-refractivity contribution in [2.24, 2.45) is 0 Å². The first kappa shape index (κ1) is 15.3. The Morgan fingerprint density at radius 1 is 1.45 bits per heavy atom. The highest BCUT2D eigenvalue weighted by molar-refractivity contribution is 6.31. The predicted octanol–water partition coefficient (Wildman–Crippen LogP) is 1.64. The van der Waals surface area contributed by atoms with Gasteiger partial charge in [-0.15, -0.1) is 0 Å². The van der Waals surface area contributed by atoms with Gasteiger partial charge in [0.2, 0.25) is 5.91 Å². The molecular formula is C15H22ClN3O. The molecule has 20 heavy (non-hydrogen) atoms. The number of benzene rings is 1. The molecule has 1 aliphatic rings. The maximum absolute atomic E-state index is 12.0. The summed E-state index contributed by atoms with van der Waals surface area (Å²) in [6.45, 7) is 7.03. The number of nitrogens with zero attached hydrogens (tertiary/aromatic N) is 1. The molecule has 4 nitrogen and oxygen atoms in total. The van der Waals surface area contributed by atoms with Crippen LogP contribution in [0.4, 0.5) is 0 Å². The lowest BCUT2D eigenvalue weighted by Gasteiger charge is -2.36. The highest BCUT2D eigenvalue weighted by Gasteiger charge is 2.23. The highest BCUT2D eigenvalue weighted by Crippen LogP contribution is 2.14. The van der Waals surface area contributed by atoms with E-state index in [4.69, 9.17) is 11.6 Å². The maximum atomic E-state index is 12.0. The van der Waals surface area contributed by atoms with E-state index in [1.165, 1.54) is 0 Å². The number of carbonyl (C=O) groups is 1. The van der Waals surface area contributed by atoms with E-state index in [1.54, 1.807) is 0 Å². The lowest BCUT2D eigenvalue weighted by atomic mass is 10.1. The van der Waals surface area contributed by atoms with E-state index in [9.17, 15) is 4.79 Å². The van der Waals surface area contributed by atoms with Crippen LogP contribution in [0.15, 0.2) is 24.3 Å². The summed E-state index contributed by atoms with van der Waals surface area (Å²) in [5.41, 5.74) is 0.948. The van der Waals surface area contributed by atoms with Crippen LogP contribution in [0.25, 0.3) is 0 Å². The Morgan fingerprint density at radius 3 is 2.95 bits per heavy atom. The molecule has 0 saturated carbocycles. The Labute approximate surface area is 125 Å². The van der Waals surface area contributed by atoms with E-state index in [1.807, 2.05) is 24.3 Å². The summed E-state index contributed by atoms with van der Waals surface area (Å²) in [5.74, 6) is 0.0471. The van der Waals surface area contributed by atoms with Crippen LogP contribution in [0, 0.1) is 0 Å². The predicted molar refractivity (Wildman–Crippen MR) is 81.8 cm³/mol. The lowest BCUT2D eigenvalue weighted by molar-refractivity contribution is -0.123. The van der Waals surface area contributed by atoms with Gasteiger partial charge in [0, 0.05) is 36.7 Å². The zero-order chi connectivity index (χ0) is 14.5. The minimum Gasteiger partial charge on any atom is -0.351 e. The average molecular weight is 296 g/mol. The first-order chi connectivity index (χ1) is 9.56. The van der Waals surface area contributed by atoms with Gasteiger partial charge in [0.1, 0.15) is 0 Å². The summed E-state index contributed by atoms with van der Waals surface area (Å²) >= 11 is 6.07. The number of carbonyl (C=O) groups excluding carboxylic acids is 1. The van der Waals surface area contributed by atoms with Gasteiger partial charge < -0.3 is 10.6 Å². The van der Waals surface area contributed by atoms with Crippen molar-refractivity contribution >= 4 is 17.5 Å². The molecule has 2 unspecified atom stereocenters. The Morgan fingerprint density at radius 2 is 2.20 bits per heavy atom. The topological polar surface area (TPSA) is 44.4 Å². The summed E-state index contributed by atoms with van der Waals surface area (Å²) in [7, 11) is 0. The molecule has 2 N–H and O–H groups in total. The highest BCUT2D eigenvalue weighted by atomic mass is 35.5. The average Bonchev–Trinajstić information content (AvgIpc) is 2.42. The standard InChI is InChI=1S/C15H22ClN3O/c1-11-9-19(12(2)7-17-11)10-15(20)18-8-13-5-3-4-6-14(13)16/h3-6,11-12,17H,7-10H2,1-2H3,(H,18,20). The van der Waals surface area contributed by atoms with Gasteiger partial charge in [-0.25, -0.2) is 0 Å². The quantitative estimate of drug-likeness (QED) is 0.887. The summed E-state index contributed by atoms with van der Waals surface area (Å²) in [4.78, 5) is 14.2. The molecule has 2 atom stereocenters. The van der Waals surface area contributed by atoms with Crippen LogP contribution in [0.1, 0.15) is 19.4 Å². The monoisotopic (exact) mass is 295 g/mol. The van der Waals surface area contributed by atoms with E-state index < -0.39 is 0 Å². The third-order valence-corrected chi connectivity index (χ3v) is 4.04. The molecule has 0 aliphatic carbocycles. The number of halogens is 1. The maximum Gasteiger partial charge on any atom is 0.234 e. The van der Waals surface area contributed by atoms with Crippen molar-refractivity contribution < 1.29 is 4.79 Å². The molecule has 1 heterocycles. The molecular weight excluding hydrogens is 274 g/mol. The Bertz CT molecular complexity index is 466. The van der Waals surface area contributed by atoms with Crippen LogP contribution in [0.5, 0.6) is 0 Å². The van der Waals surface area contributed by atoms with E-state index in [-0.39, 0.29) is 5.91 Å². The van der Waals surface area contributed by atoms with E-state index in [0.29, 0.717) is 30.2 Å². The van der Waals surface area contributed by atoms with Gasteiger partial charge in [-0.05, 0) is 25.5 Å². The Hall–Kier alpha value is -1.10. The minimum atomic E-state index is 0.0471. The fourth-order valence-corrected chi connectivity index (χ4v) is 2.60. The molecule has 1 amide bonds.